The molecule has 4 saturated carbocycles. The maximum absolute atomic E-state index is 13.1. The summed E-state index contributed by atoms with van der Waals surface area (Å²) in [6, 6.07) is 5.37. The molecule has 3 amide bonds. The van der Waals surface area contributed by atoms with Gasteiger partial charge < -0.3 is 25.2 Å². The van der Waals surface area contributed by atoms with E-state index < -0.39 is 15.4 Å². The number of rotatable bonds is 5. The van der Waals surface area contributed by atoms with Crippen molar-refractivity contribution in [2.24, 2.45) is 17.8 Å². The maximum atomic E-state index is 13.1. The zero-order chi connectivity index (χ0) is 25.1. The molecule has 4 bridgehead atoms. The summed E-state index contributed by atoms with van der Waals surface area (Å²) in [6.07, 6.45) is 6.40. The number of carbonyl (C=O) groups excluding carboxylic acids is 2. The molecular formula is C25H33N5O5S. The normalized spacial score (nSPS) is 32.5. The quantitative estimate of drug-likeness (QED) is 0.547. The Bertz CT molecular complexity index is 1280. The Labute approximate surface area is 210 Å². The van der Waals surface area contributed by atoms with Crippen LogP contribution in [0.15, 0.2) is 24.5 Å². The molecule has 5 atom stereocenters. The fourth-order valence-corrected chi connectivity index (χ4v) is 8.35. The topological polar surface area (TPSA) is 134 Å². The summed E-state index contributed by atoms with van der Waals surface area (Å²) >= 11 is 0. The molecule has 1 aromatic heterocycles. The number of imidazole rings is 1. The van der Waals surface area contributed by atoms with Gasteiger partial charge in [-0.05, 0) is 68.1 Å². The summed E-state index contributed by atoms with van der Waals surface area (Å²) in [5, 5.41) is 16.9. The number of aromatic nitrogens is 2. The number of benzene rings is 1. The van der Waals surface area contributed by atoms with Gasteiger partial charge in [-0.2, -0.15) is 0 Å². The molecule has 1 aromatic carbocycles. The van der Waals surface area contributed by atoms with Gasteiger partial charge in [0.2, 0.25) is 0 Å². The third-order valence-electron chi connectivity index (χ3n) is 8.68. The highest BCUT2D eigenvalue weighted by Gasteiger charge is 2.55. The summed E-state index contributed by atoms with van der Waals surface area (Å²) in [4.78, 5) is 31.4. The highest BCUT2D eigenvalue weighted by atomic mass is 32.2. The van der Waals surface area contributed by atoms with Gasteiger partial charge in [-0.25, -0.2) is 18.2 Å². The van der Waals surface area contributed by atoms with E-state index in [0.717, 1.165) is 43.1 Å². The number of hydrogen-bond acceptors (Lipinski definition) is 6. The fourth-order valence-electron chi connectivity index (χ4n) is 7.15. The molecule has 11 heteroatoms. The van der Waals surface area contributed by atoms with E-state index in [4.69, 9.17) is 0 Å². The van der Waals surface area contributed by atoms with Crippen LogP contribution < -0.4 is 10.6 Å². The van der Waals surface area contributed by atoms with E-state index in [1.165, 1.54) is 4.90 Å². The van der Waals surface area contributed by atoms with Crippen LogP contribution in [0.3, 0.4) is 0 Å². The Kier molecular flexibility index (Phi) is 5.75. The summed E-state index contributed by atoms with van der Waals surface area (Å²) in [5.74, 6) is 1.24. The van der Waals surface area contributed by atoms with Gasteiger partial charge in [0, 0.05) is 37.8 Å². The van der Waals surface area contributed by atoms with Gasteiger partial charge in [0.05, 0.1) is 34.5 Å². The predicted molar refractivity (Wildman–Crippen MR) is 133 cm³/mol. The first-order chi connectivity index (χ1) is 17.2. The Morgan fingerprint density at radius 3 is 2.53 bits per heavy atom. The first-order valence-corrected chi connectivity index (χ1v) is 14.7. The van der Waals surface area contributed by atoms with Crippen LogP contribution in [0.25, 0.3) is 11.0 Å². The van der Waals surface area contributed by atoms with Crippen molar-refractivity contribution in [1.29, 1.82) is 0 Å². The molecule has 5 aliphatic rings. The molecule has 36 heavy (non-hydrogen) atoms. The number of amides is 3. The molecule has 2 heterocycles. The Morgan fingerprint density at radius 2 is 1.83 bits per heavy atom. The number of nitrogens with one attached hydrogen (secondary N) is 2. The second-order valence-corrected chi connectivity index (χ2v) is 13.5. The first kappa shape index (κ1) is 23.7. The zero-order valence-corrected chi connectivity index (χ0v) is 21.0. The van der Waals surface area contributed by atoms with E-state index in [0.29, 0.717) is 36.4 Å². The van der Waals surface area contributed by atoms with Crippen molar-refractivity contribution in [2.75, 3.05) is 31.1 Å². The van der Waals surface area contributed by atoms with E-state index >= 15 is 0 Å². The molecule has 0 radical (unpaired) electrons. The van der Waals surface area contributed by atoms with Gasteiger partial charge in [-0.1, -0.05) is 0 Å². The highest BCUT2D eigenvalue weighted by Crippen LogP contribution is 2.55. The number of hydrogen-bond donors (Lipinski definition) is 3. The SMILES string of the molecule is O=C(NC1[C@@H]2CC3C[C@H]1CC(O)(C3)C2)c1ccc2c(c1)ncn2CCNC(=O)N1CCS(=O)(=O)CC1. The molecule has 4 aliphatic carbocycles. The van der Waals surface area contributed by atoms with E-state index in [1.54, 1.807) is 12.4 Å². The van der Waals surface area contributed by atoms with E-state index in [2.05, 4.69) is 15.6 Å². The van der Waals surface area contributed by atoms with Crippen molar-refractivity contribution in [3.63, 3.8) is 0 Å². The molecule has 1 aliphatic heterocycles. The van der Waals surface area contributed by atoms with Crippen LogP contribution in [-0.2, 0) is 16.4 Å². The van der Waals surface area contributed by atoms with Gasteiger partial charge in [-0.3, -0.25) is 4.79 Å². The number of nitrogens with zero attached hydrogens (tertiary/aromatic N) is 3. The third kappa shape index (κ3) is 4.47. The average molecular weight is 516 g/mol. The third-order valence-corrected chi connectivity index (χ3v) is 10.3. The molecule has 0 spiro atoms. The maximum Gasteiger partial charge on any atom is 0.317 e. The Hall–Kier alpha value is -2.66. The zero-order valence-electron chi connectivity index (χ0n) is 20.2. The number of sulfone groups is 1. The van der Waals surface area contributed by atoms with Crippen molar-refractivity contribution < 1.29 is 23.1 Å². The van der Waals surface area contributed by atoms with Crippen LogP contribution in [0.2, 0.25) is 0 Å². The van der Waals surface area contributed by atoms with E-state index in [1.807, 2.05) is 16.7 Å². The summed E-state index contributed by atoms with van der Waals surface area (Å²) < 4.78 is 25.0. The number of carbonyl (C=O) groups is 2. The van der Waals surface area contributed by atoms with Gasteiger partial charge in [-0.15, -0.1) is 0 Å². The lowest BCUT2D eigenvalue weighted by Gasteiger charge is -2.58. The van der Waals surface area contributed by atoms with Gasteiger partial charge in [0.1, 0.15) is 0 Å². The smallest absolute Gasteiger partial charge is 0.317 e. The molecule has 1 saturated heterocycles. The average Bonchev–Trinajstić information content (AvgIpc) is 3.22. The lowest BCUT2D eigenvalue weighted by Crippen LogP contribution is -2.61. The van der Waals surface area contributed by atoms with Crippen LogP contribution >= 0.6 is 0 Å². The molecule has 3 N–H and O–H groups in total. The van der Waals surface area contributed by atoms with Crippen molar-refractivity contribution >= 4 is 32.8 Å². The minimum Gasteiger partial charge on any atom is -0.390 e. The van der Waals surface area contributed by atoms with Crippen LogP contribution in [0, 0.1) is 17.8 Å². The molecule has 3 unspecified atom stereocenters. The van der Waals surface area contributed by atoms with E-state index in [-0.39, 0.29) is 42.6 Å². The minimum absolute atomic E-state index is 0.00722. The summed E-state index contributed by atoms with van der Waals surface area (Å²) in [7, 11) is -3.03. The second kappa shape index (κ2) is 8.72. The largest absolute Gasteiger partial charge is 0.390 e. The van der Waals surface area contributed by atoms with E-state index in [9.17, 15) is 23.1 Å². The molecule has 2 aromatic rings. The number of fused-ring (bicyclic) bond motifs is 1. The van der Waals surface area contributed by atoms with Crippen molar-refractivity contribution in [3.8, 4) is 0 Å². The first-order valence-electron chi connectivity index (χ1n) is 12.9. The fraction of sp³-hybridized carbons (Fsp3) is 0.640. The summed E-state index contributed by atoms with van der Waals surface area (Å²) in [5.41, 5.74) is 1.65. The highest BCUT2D eigenvalue weighted by molar-refractivity contribution is 7.91. The lowest BCUT2D eigenvalue weighted by atomic mass is 9.52. The van der Waals surface area contributed by atoms with Gasteiger partial charge in [0.25, 0.3) is 5.91 Å². The Balaban J connectivity index is 1.05. The number of aliphatic hydroxyl groups is 1. The number of urea groups is 1. The van der Waals surface area contributed by atoms with Crippen LogP contribution in [-0.4, -0.2) is 82.7 Å². The van der Waals surface area contributed by atoms with Crippen LogP contribution in [0.1, 0.15) is 42.5 Å². The molecule has 10 nitrogen and oxygen atoms in total. The molecule has 194 valence electrons. The van der Waals surface area contributed by atoms with Crippen molar-refractivity contribution in [3.05, 3.63) is 30.1 Å². The van der Waals surface area contributed by atoms with Crippen LogP contribution in [0.5, 0.6) is 0 Å². The molecular weight excluding hydrogens is 482 g/mol. The molecule has 7 rings (SSSR count). The van der Waals surface area contributed by atoms with Crippen molar-refractivity contribution in [2.45, 2.75) is 50.3 Å². The lowest BCUT2D eigenvalue weighted by molar-refractivity contribution is -0.136. The minimum atomic E-state index is -3.03. The monoisotopic (exact) mass is 515 g/mol. The van der Waals surface area contributed by atoms with Crippen LogP contribution in [0.4, 0.5) is 4.79 Å². The molecule has 5 fully saturated rings. The second-order valence-electron chi connectivity index (χ2n) is 11.2. The predicted octanol–water partition coefficient (Wildman–Crippen LogP) is 1.15. The Morgan fingerprint density at radius 1 is 1.11 bits per heavy atom. The standard InChI is InChI=1S/C25H33N5O5S/c31-23(28-22-18-9-16-10-19(22)14-25(33,12-16)13-18)17-1-2-21-20(11-17)27-15-30(21)4-3-26-24(32)29-5-7-36(34,35)8-6-29/h1-2,11,15-16,18-19,22,33H,3-10,12-14H2,(H,26,32)(H,28,31)/t16?,18-,19+,22?,25?. The van der Waals surface area contributed by atoms with Crippen molar-refractivity contribution in [1.82, 2.24) is 25.1 Å². The van der Waals surface area contributed by atoms with Gasteiger partial charge in [0.15, 0.2) is 9.84 Å². The summed E-state index contributed by atoms with van der Waals surface area (Å²) in [6.45, 7) is 1.33. The van der Waals surface area contributed by atoms with Gasteiger partial charge >= 0.3 is 6.03 Å².